The fourth-order valence-electron chi connectivity index (χ4n) is 13.1. The molecule has 2 saturated heterocycles. The molecule has 14 unspecified atom stereocenters. The number of aromatic nitrogens is 6. The molecule has 0 spiro atoms. The van der Waals surface area contributed by atoms with Gasteiger partial charge in [-0.3, -0.25) is 23.4 Å². The highest BCUT2D eigenvalue weighted by molar-refractivity contribution is 7.86. The van der Waals surface area contributed by atoms with Crippen LogP contribution in [0.15, 0.2) is 101 Å². The van der Waals surface area contributed by atoms with Crippen LogP contribution in [-0.2, 0) is 76.0 Å². The number of halogens is 1. The summed E-state index contributed by atoms with van der Waals surface area (Å²) in [5.41, 5.74) is 1.22. The molecule has 6 aromatic rings. The number of unbranched alkanes of at least 4 members (excludes halogenated alkanes) is 1. The van der Waals surface area contributed by atoms with Gasteiger partial charge < -0.3 is 64.4 Å². The molecule has 15 atom stereocenters. The first-order valence-electron chi connectivity index (χ1n) is 31.8. The standard InChI is InChI=1S/C64H78FN7O22S2/c1-34-25-42-50(95(83,84)85)23-22-43(53(42)51(26-34)96(86,87)88)66-52(75)21-12-24-71-31-41(67-69-71)19-9-10-20-46(74)39-29-45(72-32-44(68-70-72)38-17-11-18-40(65)28-38)58(94-63-57(79)56(78)54(76)35(2)89-63)47(30-39)91-64-60(93-62(82)37-15-7-4-8-16-37)59(55(77)49(33-73)92-64)90-48(61(80)81)27-36-13-5-3-6-14-36/h4,7-8,11,15-18,22-23,25-26,28,31-32,35-36,39,45,47-49,54-60,63-64,73,76-79H,3,5-6,9-10,12-14,19-21,24,27,29-30,33H2,1-2H3,(H,66,75)(H,80,81)(H,83,84,85)(H,86,87,88)/t35?,39?,45?,47?,48-,49?,54?,55?,56?,57?,58?,59?,60?,63?,64?/m0/s1. The van der Waals surface area contributed by atoms with Crippen molar-refractivity contribution in [1.82, 2.24) is 30.0 Å². The third kappa shape index (κ3) is 17.2. The lowest BCUT2D eigenvalue weighted by Gasteiger charge is -2.48. The molecule has 2 aliphatic carbocycles. The zero-order valence-electron chi connectivity index (χ0n) is 52.4. The number of Topliss-reactive ketones (excluding diaryl/α,β-unsaturated/α-hetero) is 1. The van der Waals surface area contributed by atoms with E-state index >= 15 is 0 Å². The number of ketones is 1. The van der Waals surface area contributed by atoms with Crippen molar-refractivity contribution in [1.29, 1.82) is 0 Å². The van der Waals surface area contributed by atoms with Gasteiger partial charge in [0.05, 0.1) is 48.0 Å². The molecule has 32 heteroatoms. The normalized spacial score (nSPS) is 27.1. The van der Waals surface area contributed by atoms with Crippen LogP contribution in [0.1, 0.15) is 118 Å². The van der Waals surface area contributed by atoms with Crippen LogP contribution in [0.3, 0.4) is 0 Å². The Morgan fingerprint density at radius 2 is 1.51 bits per heavy atom. The highest BCUT2D eigenvalue weighted by Gasteiger charge is 2.55. The van der Waals surface area contributed by atoms with E-state index in [1.165, 1.54) is 65.8 Å². The van der Waals surface area contributed by atoms with E-state index in [0.717, 1.165) is 50.3 Å². The lowest BCUT2D eigenvalue weighted by molar-refractivity contribution is -0.348. The van der Waals surface area contributed by atoms with E-state index in [-0.39, 0.29) is 90.1 Å². The lowest BCUT2D eigenvalue weighted by atomic mass is 9.78. The Labute approximate surface area is 551 Å². The van der Waals surface area contributed by atoms with Crippen molar-refractivity contribution in [2.75, 3.05) is 11.9 Å². The number of hydrogen-bond acceptors (Lipinski definition) is 23. The Morgan fingerprint density at radius 1 is 0.760 bits per heavy atom. The van der Waals surface area contributed by atoms with Crippen LogP contribution in [0.5, 0.6) is 0 Å². The molecule has 9 N–H and O–H groups in total. The Hall–Kier alpha value is -7.15. The first-order valence-corrected chi connectivity index (χ1v) is 34.6. The number of aliphatic hydroxyl groups excluding tert-OH is 5. The number of carboxylic acids is 1. The second kappa shape index (κ2) is 31.2. The van der Waals surface area contributed by atoms with Crippen LogP contribution < -0.4 is 5.32 Å². The van der Waals surface area contributed by atoms with Crippen LogP contribution in [0.25, 0.3) is 22.0 Å². The molecule has 4 heterocycles. The maximum absolute atomic E-state index is 14.9. The zero-order valence-corrected chi connectivity index (χ0v) is 54.0. The van der Waals surface area contributed by atoms with E-state index in [0.29, 0.717) is 30.5 Å². The maximum Gasteiger partial charge on any atom is 0.338 e. The number of carboxylic acid groups (broad SMARTS) is 1. The van der Waals surface area contributed by atoms with Crippen LogP contribution in [0.2, 0.25) is 0 Å². The van der Waals surface area contributed by atoms with Crippen molar-refractivity contribution in [3.05, 3.63) is 114 Å². The van der Waals surface area contributed by atoms with Crippen LogP contribution in [-0.4, -0.2) is 197 Å². The molecule has 29 nitrogen and oxygen atoms in total. The first-order chi connectivity index (χ1) is 45.7. The average Bonchev–Trinajstić information content (AvgIpc) is 1.05. The SMILES string of the molecule is Cc1cc(S(=O)(=O)O)c2c(NC(=O)CCCn3cc(CCCCC(=O)C4CC(OC5OC(CO)C(O)C(O[C@@H](CC6CCCCC6)C(=O)O)C5OC(=O)c5ccccc5)C(OC5OC(C)C(O)C(O)C5O)C(n5cc(-c6cccc(F)c6)nn5)C4)nn3)ccc(S(=O)(=O)O)c2c1. The van der Waals surface area contributed by atoms with Crippen molar-refractivity contribution in [3.8, 4) is 11.3 Å². The fourth-order valence-corrected chi connectivity index (χ4v) is 14.6. The Kier molecular flexibility index (Phi) is 23.2. The Morgan fingerprint density at radius 3 is 2.22 bits per heavy atom. The number of esters is 1. The zero-order chi connectivity index (χ0) is 68.8. The van der Waals surface area contributed by atoms with Crippen molar-refractivity contribution in [3.63, 3.8) is 0 Å². The molecule has 2 aromatic heterocycles. The number of amides is 1. The predicted molar refractivity (Wildman–Crippen MR) is 333 cm³/mol. The van der Waals surface area contributed by atoms with Crippen molar-refractivity contribution < 1.29 is 109 Å². The highest BCUT2D eigenvalue weighted by Crippen LogP contribution is 2.43. The number of nitrogens with zero attached hydrogens (tertiary/aromatic N) is 6. The summed E-state index contributed by atoms with van der Waals surface area (Å²) in [7, 11) is -9.82. The molecule has 4 fully saturated rings. The number of ether oxygens (including phenoxy) is 6. The topological polar surface area (TPSA) is 427 Å². The van der Waals surface area contributed by atoms with Gasteiger partial charge in [-0.15, -0.1) is 10.2 Å². The number of nitrogens with one attached hydrogen (secondary N) is 1. The van der Waals surface area contributed by atoms with E-state index in [1.807, 2.05) is 0 Å². The molecule has 1 amide bonds. The monoisotopic (exact) mass is 1380 g/mol. The van der Waals surface area contributed by atoms with Gasteiger partial charge in [0.2, 0.25) is 5.91 Å². The Bertz CT molecular complexity index is 3950. The third-order valence-electron chi connectivity index (χ3n) is 18.0. The maximum atomic E-state index is 14.9. The van der Waals surface area contributed by atoms with E-state index in [4.69, 9.17) is 28.4 Å². The molecule has 10 rings (SSSR count). The van der Waals surface area contributed by atoms with Gasteiger partial charge in [-0.1, -0.05) is 72.9 Å². The quantitative estimate of drug-likeness (QED) is 0.0192. The van der Waals surface area contributed by atoms with Crippen LogP contribution >= 0.6 is 0 Å². The molecule has 0 radical (unpaired) electrons. The van der Waals surface area contributed by atoms with Gasteiger partial charge >= 0.3 is 11.9 Å². The van der Waals surface area contributed by atoms with Gasteiger partial charge in [0.25, 0.3) is 20.2 Å². The number of fused-ring (bicyclic) bond motifs is 1. The predicted octanol–water partition coefficient (Wildman–Crippen LogP) is 4.69. The summed E-state index contributed by atoms with van der Waals surface area (Å²) in [6, 6.07) is 16.6. The first kappa shape index (κ1) is 71.6. The molecule has 0 bridgehead atoms. The second-order valence-electron chi connectivity index (χ2n) is 25.0. The highest BCUT2D eigenvalue weighted by atomic mass is 32.2. The number of anilines is 1. The van der Waals surface area contributed by atoms with Crippen molar-refractivity contribution >= 4 is 60.3 Å². The molecule has 520 valence electrons. The van der Waals surface area contributed by atoms with E-state index in [1.54, 1.807) is 30.5 Å². The summed E-state index contributed by atoms with van der Waals surface area (Å²) >= 11 is 0. The van der Waals surface area contributed by atoms with E-state index in [9.17, 15) is 80.1 Å². The molecular weight excluding hydrogens is 1300 g/mol. The summed E-state index contributed by atoms with van der Waals surface area (Å²) in [6.45, 7) is 2.21. The van der Waals surface area contributed by atoms with Crippen LogP contribution in [0, 0.1) is 24.6 Å². The number of aryl methyl sites for hydroxylation is 3. The number of hydrogen-bond donors (Lipinski definition) is 9. The lowest BCUT2D eigenvalue weighted by Crippen LogP contribution is -2.64. The van der Waals surface area contributed by atoms with Gasteiger partial charge in [0.15, 0.2) is 24.8 Å². The molecular formula is C64H78FN7O22S2. The molecule has 96 heavy (non-hydrogen) atoms. The molecule has 4 aliphatic rings. The minimum Gasteiger partial charge on any atom is -0.479 e. The summed E-state index contributed by atoms with van der Waals surface area (Å²) in [5.74, 6) is -4.76. The minimum absolute atomic E-state index is 0.0144. The number of aliphatic carboxylic acids is 1. The molecule has 2 aliphatic heterocycles. The van der Waals surface area contributed by atoms with Gasteiger partial charge in [0, 0.05) is 47.8 Å². The number of aliphatic hydroxyl groups is 5. The average molecular weight is 1380 g/mol. The summed E-state index contributed by atoms with van der Waals surface area (Å²) in [6.07, 6.45) is -13.0. The number of carbonyl (C=O) groups is 4. The van der Waals surface area contributed by atoms with Gasteiger partial charge in [-0.25, -0.2) is 18.7 Å². The smallest absolute Gasteiger partial charge is 0.338 e. The summed E-state index contributed by atoms with van der Waals surface area (Å²) in [5, 5.41) is 85.9. The number of rotatable bonds is 27. The van der Waals surface area contributed by atoms with Gasteiger partial charge in [0.1, 0.15) is 69.8 Å². The molecule has 4 aromatic carbocycles. The Balaban J connectivity index is 0.888. The molecule has 2 saturated carbocycles. The largest absolute Gasteiger partial charge is 0.479 e. The fraction of sp³-hybridized carbons (Fsp3) is 0.531. The van der Waals surface area contributed by atoms with Gasteiger partial charge in [-0.2, -0.15) is 16.8 Å². The summed E-state index contributed by atoms with van der Waals surface area (Å²) < 4.78 is 125. The van der Waals surface area contributed by atoms with Crippen molar-refractivity contribution in [2.45, 2.75) is 206 Å². The number of benzene rings is 4. The van der Waals surface area contributed by atoms with Crippen LogP contribution in [0.4, 0.5) is 10.1 Å². The van der Waals surface area contributed by atoms with Gasteiger partial charge in [-0.05, 0) is 119 Å². The van der Waals surface area contributed by atoms with E-state index < -0.39 is 152 Å². The summed E-state index contributed by atoms with van der Waals surface area (Å²) in [4.78, 5) is 54.1. The third-order valence-corrected chi connectivity index (χ3v) is 19.8. The van der Waals surface area contributed by atoms with E-state index in [2.05, 4.69) is 25.9 Å². The minimum atomic E-state index is -4.95. The second-order valence-corrected chi connectivity index (χ2v) is 27.7. The van der Waals surface area contributed by atoms with Crippen molar-refractivity contribution in [2.24, 2.45) is 11.8 Å². The number of carbonyl (C=O) groups excluding carboxylic acids is 3.